The Balaban J connectivity index is 2.23. The maximum Gasteiger partial charge on any atom is 0.313 e. The number of rotatable bonds is 7. The van der Waals surface area contributed by atoms with Crippen molar-refractivity contribution in [3.63, 3.8) is 0 Å². The fraction of sp³-hybridized carbons (Fsp3) is 0.333. The van der Waals surface area contributed by atoms with Crippen molar-refractivity contribution in [3.8, 4) is 0 Å². The molecule has 4 nitrogen and oxygen atoms in total. The quantitative estimate of drug-likeness (QED) is 0.754. The normalized spacial score (nSPS) is 10.8. The Morgan fingerprint density at radius 3 is 2.86 bits per heavy atom. The van der Waals surface area contributed by atoms with Gasteiger partial charge in [0.2, 0.25) is 0 Å². The van der Waals surface area contributed by atoms with Crippen molar-refractivity contribution in [2.45, 2.75) is 31.3 Å². The van der Waals surface area contributed by atoms with Crippen LogP contribution in [-0.2, 0) is 17.8 Å². The molecule has 0 aliphatic rings. The number of carboxylic acid groups (broad SMARTS) is 1. The highest BCUT2D eigenvalue weighted by Gasteiger charge is 2.11. The first-order chi connectivity index (χ1) is 10.1. The van der Waals surface area contributed by atoms with Gasteiger partial charge in [-0.05, 0) is 24.1 Å². The number of halogens is 1. The number of thioether (sulfide) groups is 1. The Kier molecular flexibility index (Phi) is 5.87. The van der Waals surface area contributed by atoms with Crippen molar-refractivity contribution in [2.24, 2.45) is 0 Å². The largest absolute Gasteiger partial charge is 0.481 e. The van der Waals surface area contributed by atoms with Crippen molar-refractivity contribution in [2.75, 3.05) is 5.75 Å². The van der Waals surface area contributed by atoms with E-state index in [1.807, 2.05) is 35.0 Å². The van der Waals surface area contributed by atoms with Crippen LogP contribution in [0, 0.1) is 0 Å². The summed E-state index contributed by atoms with van der Waals surface area (Å²) in [4.78, 5) is 10.8. The minimum Gasteiger partial charge on any atom is -0.481 e. The average Bonchev–Trinajstić information content (AvgIpc) is 2.81. The van der Waals surface area contributed by atoms with Gasteiger partial charge in [0.15, 0.2) is 0 Å². The van der Waals surface area contributed by atoms with Crippen LogP contribution in [0.25, 0.3) is 0 Å². The molecule has 6 heteroatoms. The summed E-state index contributed by atoms with van der Waals surface area (Å²) >= 11 is 4.85. The summed E-state index contributed by atoms with van der Waals surface area (Å²) in [5, 5.41) is 14.3. The van der Waals surface area contributed by atoms with Gasteiger partial charge in [-0.3, -0.25) is 9.48 Å². The second-order valence-corrected chi connectivity index (χ2v) is 6.51. The molecule has 0 aliphatic heterocycles. The first-order valence-corrected chi connectivity index (χ1v) is 8.52. The van der Waals surface area contributed by atoms with Gasteiger partial charge in [0, 0.05) is 4.47 Å². The molecule has 112 valence electrons. The van der Waals surface area contributed by atoms with Crippen LogP contribution in [0.1, 0.15) is 24.6 Å². The molecule has 0 unspecified atom stereocenters. The van der Waals surface area contributed by atoms with Gasteiger partial charge in [0.1, 0.15) is 0 Å². The molecule has 0 amide bonds. The number of benzene rings is 1. The minimum atomic E-state index is -0.814. The van der Waals surface area contributed by atoms with Gasteiger partial charge >= 0.3 is 5.97 Å². The second-order valence-electron chi connectivity index (χ2n) is 4.66. The van der Waals surface area contributed by atoms with E-state index in [9.17, 15) is 4.79 Å². The Hall–Kier alpha value is -1.27. The lowest BCUT2D eigenvalue weighted by atomic mass is 10.2. The van der Waals surface area contributed by atoms with E-state index in [-0.39, 0.29) is 5.75 Å². The average molecular weight is 369 g/mol. The van der Waals surface area contributed by atoms with Crippen molar-refractivity contribution in [1.29, 1.82) is 0 Å². The smallest absolute Gasteiger partial charge is 0.313 e. The summed E-state index contributed by atoms with van der Waals surface area (Å²) in [6.07, 6.45) is 1.93. The molecule has 0 fully saturated rings. The van der Waals surface area contributed by atoms with E-state index < -0.39 is 5.97 Å². The number of aliphatic carboxylic acids is 1. The van der Waals surface area contributed by atoms with E-state index in [0.29, 0.717) is 6.54 Å². The second kappa shape index (κ2) is 7.66. The van der Waals surface area contributed by atoms with Gasteiger partial charge in [-0.1, -0.05) is 59.2 Å². The van der Waals surface area contributed by atoms with E-state index >= 15 is 0 Å². The molecule has 0 bridgehead atoms. The topological polar surface area (TPSA) is 55.1 Å². The zero-order chi connectivity index (χ0) is 15.2. The van der Waals surface area contributed by atoms with Crippen molar-refractivity contribution in [1.82, 2.24) is 9.78 Å². The molecule has 0 radical (unpaired) electrons. The molecule has 0 atom stereocenters. The number of hydrogen-bond acceptors (Lipinski definition) is 3. The fourth-order valence-corrected chi connectivity index (χ4v) is 3.14. The first kappa shape index (κ1) is 16.1. The highest BCUT2D eigenvalue weighted by Crippen LogP contribution is 2.23. The third-order valence-corrected chi connectivity index (χ3v) is 4.71. The first-order valence-electron chi connectivity index (χ1n) is 6.75. The lowest BCUT2D eigenvalue weighted by Gasteiger charge is -2.08. The Morgan fingerprint density at radius 1 is 1.43 bits per heavy atom. The third-order valence-electron chi connectivity index (χ3n) is 2.92. The van der Waals surface area contributed by atoms with Crippen LogP contribution in [0.15, 0.2) is 39.8 Å². The third kappa shape index (κ3) is 4.61. The molecular formula is C15H17BrN2O2S. The van der Waals surface area contributed by atoms with Gasteiger partial charge in [-0.15, -0.1) is 0 Å². The summed E-state index contributed by atoms with van der Waals surface area (Å²) in [5.74, 6) is -0.765. The summed E-state index contributed by atoms with van der Waals surface area (Å²) in [6.45, 7) is 2.74. The summed E-state index contributed by atoms with van der Waals surface area (Å²) in [6, 6.07) is 9.99. The summed E-state index contributed by atoms with van der Waals surface area (Å²) in [5.41, 5.74) is 2.14. The zero-order valence-electron chi connectivity index (χ0n) is 11.8. The Labute approximate surface area is 136 Å². The molecule has 0 saturated heterocycles. The summed E-state index contributed by atoms with van der Waals surface area (Å²) < 4.78 is 2.92. The monoisotopic (exact) mass is 368 g/mol. The molecule has 1 aromatic carbocycles. The standard InChI is InChI=1S/C15H17BrN2O2S/c1-2-5-12-8-14(21-10-15(19)20)18(17-12)9-11-6-3-4-7-13(11)16/h3-4,6-8H,2,5,9-10H2,1H3,(H,19,20). The van der Waals surface area contributed by atoms with Gasteiger partial charge < -0.3 is 5.11 Å². The molecule has 21 heavy (non-hydrogen) atoms. The Bertz CT molecular complexity index is 628. The highest BCUT2D eigenvalue weighted by atomic mass is 79.9. The molecule has 0 saturated carbocycles. The number of carbonyl (C=O) groups is 1. The highest BCUT2D eigenvalue weighted by molar-refractivity contribution is 9.10. The van der Waals surface area contributed by atoms with Gasteiger partial charge in [0.25, 0.3) is 0 Å². The summed E-state index contributed by atoms with van der Waals surface area (Å²) in [7, 11) is 0. The number of carboxylic acids is 1. The van der Waals surface area contributed by atoms with E-state index in [1.165, 1.54) is 11.8 Å². The number of aryl methyl sites for hydroxylation is 1. The van der Waals surface area contributed by atoms with E-state index in [2.05, 4.69) is 28.0 Å². The predicted molar refractivity (Wildman–Crippen MR) is 87.8 cm³/mol. The van der Waals surface area contributed by atoms with Crippen LogP contribution in [-0.4, -0.2) is 26.6 Å². The molecule has 1 aromatic heterocycles. The number of hydrogen-bond donors (Lipinski definition) is 1. The van der Waals surface area contributed by atoms with Crippen LogP contribution in [0.5, 0.6) is 0 Å². The minimum absolute atomic E-state index is 0.0488. The van der Waals surface area contributed by atoms with Crippen LogP contribution >= 0.6 is 27.7 Å². The fourth-order valence-electron chi connectivity index (χ4n) is 1.98. The van der Waals surface area contributed by atoms with Gasteiger partial charge in [-0.25, -0.2) is 0 Å². The zero-order valence-corrected chi connectivity index (χ0v) is 14.2. The van der Waals surface area contributed by atoms with Crippen LogP contribution < -0.4 is 0 Å². The van der Waals surface area contributed by atoms with Crippen molar-refractivity contribution in [3.05, 3.63) is 46.1 Å². The molecule has 2 aromatic rings. The molecule has 1 N–H and O–H groups in total. The molecule has 0 spiro atoms. The van der Waals surface area contributed by atoms with Crippen LogP contribution in [0.3, 0.4) is 0 Å². The molecule has 1 heterocycles. The molecule has 0 aliphatic carbocycles. The predicted octanol–water partition coefficient (Wildman–Crippen LogP) is 3.82. The number of nitrogens with zero attached hydrogens (tertiary/aromatic N) is 2. The van der Waals surface area contributed by atoms with Crippen molar-refractivity contribution >= 4 is 33.7 Å². The van der Waals surface area contributed by atoms with Crippen LogP contribution in [0.4, 0.5) is 0 Å². The van der Waals surface area contributed by atoms with Gasteiger partial charge in [-0.2, -0.15) is 5.10 Å². The maximum absolute atomic E-state index is 10.8. The maximum atomic E-state index is 10.8. The van der Waals surface area contributed by atoms with Crippen LogP contribution in [0.2, 0.25) is 0 Å². The lowest BCUT2D eigenvalue weighted by molar-refractivity contribution is -0.133. The van der Waals surface area contributed by atoms with E-state index in [4.69, 9.17) is 5.11 Å². The SMILES string of the molecule is CCCc1cc(SCC(=O)O)n(Cc2ccccc2Br)n1. The molecular weight excluding hydrogens is 352 g/mol. The Morgan fingerprint density at radius 2 is 2.19 bits per heavy atom. The van der Waals surface area contributed by atoms with E-state index in [0.717, 1.165) is 33.6 Å². The van der Waals surface area contributed by atoms with E-state index in [1.54, 1.807) is 0 Å². The number of aromatic nitrogens is 2. The lowest BCUT2D eigenvalue weighted by Crippen LogP contribution is -2.06. The molecule has 2 rings (SSSR count). The van der Waals surface area contributed by atoms with Gasteiger partial charge in [0.05, 0.1) is 23.0 Å². The van der Waals surface area contributed by atoms with Crippen molar-refractivity contribution < 1.29 is 9.90 Å².